The van der Waals surface area contributed by atoms with Crippen LogP contribution in [0.1, 0.15) is 103 Å². The summed E-state index contributed by atoms with van der Waals surface area (Å²) in [5, 5.41) is 7.73. The summed E-state index contributed by atoms with van der Waals surface area (Å²) < 4.78 is 7.95. The maximum atomic E-state index is 13.1. The van der Waals surface area contributed by atoms with E-state index in [2.05, 4.69) is 44.2 Å². The van der Waals surface area contributed by atoms with Gasteiger partial charge in [-0.25, -0.2) is 4.98 Å². The molecule has 60 heavy (non-hydrogen) atoms. The summed E-state index contributed by atoms with van der Waals surface area (Å²) in [7, 11) is 0. The molecule has 0 radical (unpaired) electrons. The zero-order valence-electron chi connectivity index (χ0n) is 35.0. The van der Waals surface area contributed by atoms with Crippen molar-refractivity contribution in [3.63, 3.8) is 0 Å². The first-order chi connectivity index (χ1) is 29.2. The molecule has 1 fully saturated rings. The normalized spacial score (nSPS) is 15.3. The van der Waals surface area contributed by atoms with Crippen molar-refractivity contribution < 1.29 is 23.9 Å². The number of fused-ring (bicyclic) bond motifs is 3. The fourth-order valence-electron chi connectivity index (χ4n) is 8.02. The molecule has 3 aliphatic rings. The summed E-state index contributed by atoms with van der Waals surface area (Å²) in [6.45, 7) is 13.5. The van der Waals surface area contributed by atoms with E-state index in [0.29, 0.717) is 44.1 Å². The Labute approximate surface area is 350 Å². The molecule has 310 valence electrons. The van der Waals surface area contributed by atoms with Crippen LogP contribution in [0.4, 0.5) is 0 Å². The first kappa shape index (κ1) is 41.8. The van der Waals surface area contributed by atoms with E-state index in [0.717, 1.165) is 94.9 Å². The van der Waals surface area contributed by atoms with Crippen molar-refractivity contribution in [1.29, 1.82) is 0 Å². The van der Waals surface area contributed by atoms with E-state index < -0.39 is 6.04 Å². The number of nitrogens with zero attached hydrogens (tertiary/aromatic N) is 6. The van der Waals surface area contributed by atoms with Crippen LogP contribution in [0.2, 0.25) is 0 Å². The predicted octanol–water partition coefficient (Wildman–Crippen LogP) is 6.09. The number of amides is 4. The van der Waals surface area contributed by atoms with Gasteiger partial charge in [0.1, 0.15) is 17.6 Å². The topological polar surface area (TPSA) is 152 Å². The molecule has 1 atom stereocenters. The number of imidazole rings is 1. The van der Waals surface area contributed by atoms with Crippen LogP contribution >= 0.6 is 0 Å². The Morgan fingerprint density at radius 3 is 2.50 bits per heavy atom. The largest absolute Gasteiger partial charge is 0.381 e. The Kier molecular flexibility index (Phi) is 13.0. The van der Waals surface area contributed by atoms with E-state index in [-0.39, 0.29) is 29.5 Å². The average molecular weight is 809 g/mol. The molecule has 0 spiro atoms. The molecule has 2 N–H and O–H groups in total. The molecular formula is C47H52N8O5. The van der Waals surface area contributed by atoms with Crippen LogP contribution < -0.4 is 10.6 Å². The van der Waals surface area contributed by atoms with E-state index in [1.54, 1.807) is 41.1 Å². The Morgan fingerprint density at radius 1 is 0.967 bits per heavy atom. The molecule has 0 saturated carbocycles. The Bertz CT molecular complexity index is 2460. The summed E-state index contributed by atoms with van der Waals surface area (Å²) in [5.41, 5.74) is 6.81. The lowest BCUT2D eigenvalue weighted by molar-refractivity contribution is -0.125. The summed E-state index contributed by atoms with van der Waals surface area (Å²) in [4.78, 5) is 68.4. The minimum atomic E-state index is -0.605. The number of nitrogens with one attached hydrogen (secondary N) is 2. The van der Waals surface area contributed by atoms with E-state index in [1.807, 2.05) is 58.2 Å². The number of carbonyl (C=O) groups is 4. The van der Waals surface area contributed by atoms with Gasteiger partial charge in [-0.1, -0.05) is 50.0 Å². The first-order valence-corrected chi connectivity index (χ1v) is 20.9. The molecule has 5 aromatic rings. The highest BCUT2D eigenvalue weighted by Crippen LogP contribution is 2.37. The molecule has 3 aromatic heterocycles. The molecule has 2 aromatic carbocycles. The standard InChI is InChI=1S/C45H46N8O5.C2H6/c1-28(2)49-43(55)29(3)53-25-37-30(9-6-12-35(37)45(53)57)8-4-5-17-46-44(56)38-14-13-33(23-47-38)39-22-32-10-7-11-34(36(32)24-48-39)41-40-26-51(27-54)18-19-52(40)42(50-41)31-15-20-58-21-16-31;1-2/h6-7,9-14,22-24,27-29,31H,5,15-21,25-26H2,1-3H3,(H,46,56)(H,49,55);1-2H3. The average Bonchev–Trinajstić information content (AvgIpc) is 3.83. The van der Waals surface area contributed by atoms with Gasteiger partial charge in [0.25, 0.3) is 11.8 Å². The van der Waals surface area contributed by atoms with E-state index in [9.17, 15) is 19.2 Å². The molecule has 3 aliphatic heterocycles. The Hall–Kier alpha value is -6.39. The molecular weight excluding hydrogens is 757 g/mol. The van der Waals surface area contributed by atoms with Gasteiger partial charge in [0.15, 0.2) is 0 Å². The first-order valence-electron chi connectivity index (χ1n) is 20.9. The fourth-order valence-corrected chi connectivity index (χ4v) is 8.02. The number of pyridine rings is 2. The highest BCUT2D eigenvalue weighted by Gasteiger charge is 2.35. The van der Waals surface area contributed by atoms with Gasteiger partial charge in [-0.2, -0.15) is 0 Å². The molecule has 1 unspecified atom stereocenters. The van der Waals surface area contributed by atoms with Gasteiger partial charge in [-0.15, -0.1) is 0 Å². The Balaban J connectivity index is 0.00000268. The maximum Gasteiger partial charge on any atom is 0.269 e. The van der Waals surface area contributed by atoms with Crippen LogP contribution in [0.15, 0.2) is 67.0 Å². The second-order valence-corrected chi connectivity index (χ2v) is 15.3. The van der Waals surface area contributed by atoms with E-state index in [4.69, 9.17) is 14.7 Å². The second kappa shape index (κ2) is 18.7. The van der Waals surface area contributed by atoms with Crippen molar-refractivity contribution >= 4 is 34.9 Å². The quantitative estimate of drug-likeness (QED) is 0.0978. The highest BCUT2D eigenvalue weighted by atomic mass is 16.5. The van der Waals surface area contributed by atoms with Crippen LogP contribution in [-0.4, -0.2) is 91.8 Å². The summed E-state index contributed by atoms with van der Waals surface area (Å²) in [5.74, 6) is 6.98. The van der Waals surface area contributed by atoms with Crippen molar-refractivity contribution in [1.82, 2.24) is 40.0 Å². The van der Waals surface area contributed by atoms with Crippen molar-refractivity contribution in [3.05, 3.63) is 101 Å². The van der Waals surface area contributed by atoms with Crippen molar-refractivity contribution in [2.24, 2.45) is 0 Å². The number of hydrogen-bond acceptors (Lipinski definition) is 8. The lowest BCUT2D eigenvalue weighted by Crippen LogP contribution is -2.47. The third-order valence-electron chi connectivity index (χ3n) is 11.1. The number of hydrogen-bond donors (Lipinski definition) is 2. The Morgan fingerprint density at radius 2 is 1.75 bits per heavy atom. The zero-order valence-corrected chi connectivity index (χ0v) is 35.0. The smallest absolute Gasteiger partial charge is 0.269 e. The number of aromatic nitrogens is 4. The molecule has 13 nitrogen and oxygen atoms in total. The summed E-state index contributed by atoms with van der Waals surface area (Å²) >= 11 is 0. The predicted molar refractivity (Wildman–Crippen MR) is 230 cm³/mol. The highest BCUT2D eigenvalue weighted by molar-refractivity contribution is 6.02. The maximum absolute atomic E-state index is 13.1. The zero-order chi connectivity index (χ0) is 42.3. The van der Waals surface area contributed by atoms with Gasteiger partial charge < -0.3 is 29.7 Å². The number of rotatable bonds is 10. The van der Waals surface area contributed by atoms with Gasteiger partial charge in [0, 0.05) is 97.8 Å². The van der Waals surface area contributed by atoms with Gasteiger partial charge >= 0.3 is 0 Å². The van der Waals surface area contributed by atoms with Gasteiger partial charge in [0.05, 0.1) is 23.6 Å². The monoisotopic (exact) mass is 808 g/mol. The van der Waals surface area contributed by atoms with E-state index >= 15 is 0 Å². The fraction of sp³-hybridized carbons (Fsp3) is 0.383. The SMILES string of the molecule is CC.CC(C)NC(=O)C(C)N1Cc2c(C#CCCNC(=O)c3ccc(-c4cc5cccc(-c6nc(C7CCOCC7)n7c6CN(C=O)CC7)c5cn4)cn3)cccc2C1=O. The molecule has 1 saturated heterocycles. The van der Waals surface area contributed by atoms with Crippen LogP contribution in [0, 0.1) is 11.8 Å². The van der Waals surface area contributed by atoms with Crippen molar-refractivity contribution in [2.45, 2.75) is 91.5 Å². The van der Waals surface area contributed by atoms with Crippen LogP contribution in [0.25, 0.3) is 33.3 Å². The van der Waals surface area contributed by atoms with Gasteiger partial charge in [0.2, 0.25) is 12.3 Å². The van der Waals surface area contributed by atoms with Crippen molar-refractivity contribution in [3.8, 4) is 34.4 Å². The third-order valence-corrected chi connectivity index (χ3v) is 11.1. The lowest BCUT2D eigenvalue weighted by atomic mass is 9.99. The number of benzene rings is 2. The third kappa shape index (κ3) is 8.65. The number of carbonyl (C=O) groups excluding carboxylic acids is 4. The molecule has 6 heterocycles. The van der Waals surface area contributed by atoms with E-state index in [1.165, 1.54) is 0 Å². The van der Waals surface area contributed by atoms with Gasteiger partial charge in [-0.05, 0) is 74.9 Å². The minimum absolute atomic E-state index is 0.0219. The molecule has 0 aliphatic carbocycles. The molecule has 4 amide bonds. The van der Waals surface area contributed by atoms with Gasteiger partial charge in [-0.3, -0.25) is 29.1 Å². The lowest BCUT2D eigenvalue weighted by Gasteiger charge is -2.28. The summed E-state index contributed by atoms with van der Waals surface area (Å²) in [6.07, 6.45) is 6.70. The second-order valence-electron chi connectivity index (χ2n) is 15.3. The molecule has 8 rings (SSSR count). The molecule has 0 bridgehead atoms. The molecule has 13 heteroatoms. The minimum Gasteiger partial charge on any atom is -0.381 e. The summed E-state index contributed by atoms with van der Waals surface area (Å²) in [6, 6.07) is 16.5. The van der Waals surface area contributed by atoms with Crippen molar-refractivity contribution in [2.75, 3.05) is 26.3 Å². The van der Waals surface area contributed by atoms with Crippen LogP contribution in [0.3, 0.4) is 0 Å². The van der Waals surface area contributed by atoms with Crippen LogP contribution in [0.5, 0.6) is 0 Å². The van der Waals surface area contributed by atoms with Crippen LogP contribution in [-0.2, 0) is 34.0 Å². The number of ether oxygens (including phenoxy) is 1.